The molecule has 1 amide bonds. The first kappa shape index (κ1) is 22.6. The maximum atomic E-state index is 12.5. The number of pyridine rings is 1. The van der Waals surface area contributed by atoms with Crippen molar-refractivity contribution in [2.45, 2.75) is 29.0 Å². The molecule has 9 heteroatoms. The van der Waals surface area contributed by atoms with Crippen LogP contribution in [0, 0.1) is 6.92 Å². The molecule has 0 spiro atoms. The molecule has 0 aliphatic rings. The van der Waals surface area contributed by atoms with Gasteiger partial charge >= 0.3 is 0 Å². The fraction of sp³-hybridized carbons (Fsp3) is 0.238. The maximum Gasteiger partial charge on any atom is 0.242 e. The van der Waals surface area contributed by atoms with Crippen LogP contribution in [0.2, 0.25) is 5.02 Å². The highest BCUT2D eigenvalue weighted by molar-refractivity contribution is 8.00. The van der Waals surface area contributed by atoms with Crippen molar-refractivity contribution in [1.29, 1.82) is 0 Å². The third-order valence-corrected chi connectivity index (χ3v) is 7.70. The minimum Gasteiger partial charge on any atom is -0.324 e. The van der Waals surface area contributed by atoms with Crippen molar-refractivity contribution in [2.75, 3.05) is 19.4 Å². The Hall–Kier alpha value is -2.13. The number of thioether (sulfide) groups is 1. The molecule has 0 saturated carbocycles. The normalized spacial score (nSPS) is 12.9. The number of amides is 1. The Balaban J connectivity index is 1.83. The van der Waals surface area contributed by atoms with Gasteiger partial charge in [0.25, 0.3) is 0 Å². The van der Waals surface area contributed by atoms with E-state index >= 15 is 0 Å². The molecule has 1 heterocycles. The molecule has 0 fully saturated rings. The molecule has 0 saturated heterocycles. The fourth-order valence-corrected chi connectivity index (χ4v) is 4.84. The summed E-state index contributed by atoms with van der Waals surface area (Å²) in [6, 6.07) is 13.8. The van der Waals surface area contributed by atoms with E-state index < -0.39 is 15.3 Å². The second kappa shape index (κ2) is 8.93. The Labute approximate surface area is 185 Å². The average molecular weight is 464 g/mol. The van der Waals surface area contributed by atoms with Crippen molar-refractivity contribution in [3.63, 3.8) is 0 Å². The number of rotatable bonds is 6. The average Bonchev–Trinajstić information content (AvgIpc) is 2.69. The van der Waals surface area contributed by atoms with Crippen LogP contribution in [0.25, 0.3) is 10.9 Å². The number of hydrogen-bond donors (Lipinski definition) is 1. The summed E-state index contributed by atoms with van der Waals surface area (Å²) in [5, 5.41) is 4.34. The number of nitrogens with zero attached hydrogens (tertiary/aromatic N) is 2. The van der Waals surface area contributed by atoms with Crippen molar-refractivity contribution in [3.05, 3.63) is 59.1 Å². The summed E-state index contributed by atoms with van der Waals surface area (Å²) in [6.07, 6.45) is 0. The highest BCUT2D eigenvalue weighted by atomic mass is 35.5. The summed E-state index contributed by atoms with van der Waals surface area (Å²) < 4.78 is 26.0. The van der Waals surface area contributed by atoms with Gasteiger partial charge in [0.05, 0.1) is 31.4 Å². The molecule has 2 aromatic carbocycles. The van der Waals surface area contributed by atoms with E-state index in [0.717, 1.165) is 10.9 Å². The molecule has 1 N–H and O–H groups in total. The van der Waals surface area contributed by atoms with Gasteiger partial charge in [-0.3, -0.25) is 4.79 Å². The van der Waals surface area contributed by atoms with Crippen molar-refractivity contribution in [1.82, 2.24) is 9.29 Å². The van der Waals surface area contributed by atoms with Crippen LogP contribution in [-0.2, 0) is 14.8 Å². The molecular formula is C21H22ClN3O3S2. The van der Waals surface area contributed by atoms with E-state index in [4.69, 9.17) is 11.6 Å². The van der Waals surface area contributed by atoms with Gasteiger partial charge in [0.2, 0.25) is 15.9 Å². The monoisotopic (exact) mass is 463 g/mol. The van der Waals surface area contributed by atoms with Crippen LogP contribution in [0.1, 0.15) is 12.5 Å². The molecule has 3 aromatic rings. The van der Waals surface area contributed by atoms with E-state index in [9.17, 15) is 13.2 Å². The number of hydrogen-bond acceptors (Lipinski definition) is 5. The molecule has 0 radical (unpaired) electrons. The minimum atomic E-state index is -3.52. The van der Waals surface area contributed by atoms with Gasteiger partial charge in [-0.25, -0.2) is 17.7 Å². The number of aromatic nitrogens is 1. The van der Waals surface area contributed by atoms with Gasteiger partial charge < -0.3 is 5.32 Å². The number of sulfonamides is 1. The smallest absolute Gasteiger partial charge is 0.242 e. The highest BCUT2D eigenvalue weighted by Crippen LogP contribution is 2.29. The Morgan fingerprint density at radius 1 is 1.17 bits per heavy atom. The van der Waals surface area contributed by atoms with Crippen molar-refractivity contribution >= 4 is 55.9 Å². The second-order valence-corrected chi connectivity index (χ2v) is 10.9. The summed E-state index contributed by atoms with van der Waals surface area (Å²) >= 11 is 7.43. The first-order chi connectivity index (χ1) is 14.1. The van der Waals surface area contributed by atoms with E-state index in [2.05, 4.69) is 10.3 Å². The van der Waals surface area contributed by atoms with Crippen molar-refractivity contribution in [2.24, 2.45) is 0 Å². The number of aryl methyl sites for hydroxylation is 1. The summed E-state index contributed by atoms with van der Waals surface area (Å²) in [5.41, 5.74) is 2.12. The minimum absolute atomic E-state index is 0.180. The highest BCUT2D eigenvalue weighted by Gasteiger charge is 2.20. The molecular weight excluding hydrogens is 442 g/mol. The van der Waals surface area contributed by atoms with Crippen molar-refractivity contribution < 1.29 is 13.2 Å². The van der Waals surface area contributed by atoms with Gasteiger partial charge in [0.1, 0.15) is 0 Å². The van der Waals surface area contributed by atoms with Crippen LogP contribution in [0.4, 0.5) is 5.69 Å². The fourth-order valence-electron chi connectivity index (χ4n) is 2.81. The van der Waals surface area contributed by atoms with Crippen LogP contribution in [-0.4, -0.2) is 43.0 Å². The molecule has 0 bridgehead atoms. The van der Waals surface area contributed by atoms with E-state index in [0.29, 0.717) is 21.3 Å². The maximum absolute atomic E-state index is 12.5. The van der Waals surface area contributed by atoms with Crippen molar-refractivity contribution in [3.8, 4) is 0 Å². The molecule has 158 valence electrons. The SMILES string of the molecule is Cc1cc(SC(C)C(=O)Nc2ccccc2Cl)nc2ccc(S(=O)(=O)N(C)C)cc12. The lowest BCUT2D eigenvalue weighted by Crippen LogP contribution is -2.22. The van der Waals surface area contributed by atoms with E-state index in [-0.39, 0.29) is 10.8 Å². The van der Waals surface area contributed by atoms with Gasteiger partial charge in [-0.05, 0) is 55.8 Å². The molecule has 30 heavy (non-hydrogen) atoms. The zero-order valence-electron chi connectivity index (χ0n) is 17.0. The third-order valence-electron chi connectivity index (χ3n) is 4.54. The lowest BCUT2D eigenvalue weighted by molar-refractivity contribution is -0.115. The van der Waals surface area contributed by atoms with Crippen LogP contribution < -0.4 is 5.32 Å². The summed E-state index contributed by atoms with van der Waals surface area (Å²) in [6.45, 7) is 3.69. The van der Waals surface area contributed by atoms with Gasteiger partial charge in [-0.1, -0.05) is 35.5 Å². The van der Waals surface area contributed by atoms with E-state index in [1.807, 2.05) is 13.0 Å². The van der Waals surface area contributed by atoms with Crippen LogP contribution in [0.5, 0.6) is 0 Å². The number of nitrogens with one attached hydrogen (secondary N) is 1. The Morgan fingerprint density at radius 3 is 2.53 bits per heavy atom. The first-order valence-electron chi connectivity index (χ1n) is 9.15. The molecule has 1 aromatic heterocycles. The molecule has 0 aliphatic heterocycles. The first-order valence-corrected chi connectivity index (χ1v) is 11.9. The lowest BCUT2D eigenvalue weighted by Gasteiger charge is -2.15. The number of para-hydroxylation sites is 1. The largest absolute Gasteiger partial charge is 0.324 e. The lowest BCUT2D eigenvalue weighted by atomic mass is 10.1. The van der Waals surface area contributed by atoms with Gasteiger partial charge in [0, 0.05) is 19.5 Å². The molecule has 1 unspecified atom stereocenters. The Morgan fingerprint density at radius 2 is 1.87 bits per heavy atom. The summed E-state index contributed by atoms with van der Waals surface area (Å²) in [7, 11) is -0.523. The second-order valence-electron chi connectivity index (χ2n) is 6.97. The van der Waals surface area contributed by atoms with Crippen LogP contribution in [0.3, 0.4) is 0 Å². The zero-order valence-corrected chi connectivity index (χ0v) is 19.4. The van der Waals surface area contributed by atoms with Crippen LogP contribution in [0.15, 0.2) is 58.5 Å². The summed E-state index contributed by atoms with van der Waals surface area (Å²) in [5.74, 6) is -0.180. The predicted molar refractivity (Wildman–Crippen MR) is 123 cm³/mol. The van der Waals surface area contributed by atoms with E-state index in [1.165, 1.54) is 30.2 Å². The van der Waals surface area contributed by atoms with Crippen LogP contribution >= 0.6 is 23.4 Å². The Kier molecular flexibility index (Phi) is 6.71. The Bertz CT molecular complexity index is 1210. The topological polar surface area (TPSA) is 79.4 Å². The number of anilines is 1. The van der Waals surface area contributed by atoms with Gasteiger partial charge in [-0.2, -0.15) is 0 Å². The number of carbonyl (C=O) groups is 1. The number of halogens is 1. The quantitative estimate of drug-likeness (QED) is 0.542. The number of benzene rings is 2. The van der Waals surface area contributed by atoms with Gasteiger partial charge in [0.15, 0.2) is 0 Å². The molecule has 3 rings (SSSR count). The number of fused-ring (bicyclic) bond motifs is 1. The zero-order chi connectivity index (χ0) is 22.1. The van der Waals surface area contributed by atoms with Gasteiger partial charge in [-0.15, -0.1) is 0 Å². The number of carbonyl (C=O) groups excluding carboxylic acids is 1. The molecule has 0 aliphatic carbocycles. The molecule has 6 nitrogen and oxygen atoms in total. The van der Waals surface area contributed by atoms with E-state index in [1.54, 1.807) is 49.4 Å². The summed E-state index contributed by atoms with van der Waals surface area (Å²) in [4.78, 5) is 17.4. The standard InChI is InChI=1S/C21H22ClN3O3S2/c1-13-11-20(29-14(2)21(26)24-19-8-6-5-7-17(19)22)23-18-10-9-15(12-16(13)18)30(27,28)25(3)4/h5-12,14H,1-4H3,(H,24,26). The third kappa shape index (κ3) is 4.78. The predicted octanol–water partition coefficient (Wildman–Crippen LogP) is 4.57. The molecule has 1 atom stereocenters.